The Morgan fingerprint density at radius 2 is 1.83 bits per heavy atom. The van der Waals surface area contributed by atoms with Crippen LogP contribution in [0.2, 0.25) is 0 Å². The maximum Gasteiger partial charge on any atom is 0.244 e. The summed E-state index contributed by atoms with van der Waals surface area (Å²) in [5.74, 6) is -0.949. The van der Waals surface area contributed by atoms with E-state index in [9.17, 15) is 24.0 Å². The van der Waals surface area contributed by atoms with Gasteiger partial charge in [0, 0.05) is 5.56 Å². The highest BCUT2D eigenvalue weighted by Gasteiger charge is 2.25. The van der Waals surface area contributed by atoms with Crippen molar-refractivity contribution in [2.24, 2.45) is 5.10 Å². The number of carbonyl (C=O) groups excluding carboxylic acids is 1. The summed E-state index contributed by atoms with van der Waals surface area (Å²) < 4.78 is 25.8. The Hall–Kier alpha value is -3.88. The number of benzene rings is 3. The summed E-state index contributed by atoms with van der Waals surface area (Å²) in [6.45, 7) is 1.88. The van der Waals surface area contributed by atoms with E-state index >= 15 is 0 Å². The largest absolute Gasteiger partial charge is 0.612 e. The number of hydrogen-bond donors (Lipinski definition) is 3. The first-order chi connectivity index (χ1) is 16.7. The van der Waals surface area contributed by atoms with Gasteiger partial charge in [-0.25, -0.2) is 9.82 Å². The van der Waals surface area contributed by atoms with Crippen LogP contribution in [0, 0.1) is 5.82 Å². The van der Waals surface area contributed by atoms with E-state index in [4.69, 9.17) is 0 Å². The van der Waals surface area contributed by atoms with Gasteiger partial charge in [-0.15, -0.1) is 0 Å². The van der Waals surface area contributed by atoms with Crippen LogP contribution in [0.3, 0.4) is 0 Å². The summed E-state index contributed by atoms with van der Waals surface area (Å²) in [4.78, 5) is 13.4. The SMILES string of the molecule is CC1=C(CC(=O)N/N=C\c2cc(O)ccc2O)c2cc(F)ccc2/C1=C\c1ccc([S+](C)[O-])cc1. The number of carbonyl (C=O) groups is 1. The predicted octanol–water partition coefficient (Wildman–Crippen LogP) is 4.84. The van der Waals surface area contributed by atoms with Crippen LogP contribution in [0.5, 0.6) is 11.5 Å². The third-order valence-electron chi connectivity index (χ3n) is 5.72. The van der Waals surface area contributed by atoms with Crippen molar-refractivity contribution in [3.05, 3.63) is 94.3 Å². The molecule has 4 rings (SSSR count). The second kappa shape index (κ2) is 10.2. The molecule has 6 nitrogen and oxygen atoms in total. The van der Waals surface area contributed by atoms with E-state index in [2.05, 4.69) is 10.5 Å². The van der Waals surface area contributed by atoms with Crippen LogP contribution in [0.1, 0.15) is 35.6 Å². The normalized spacial score (nSPS) is 15.0. The summed E-state index contributed by atoms with van der Waals surface area (Å²) in [6, 6.07) is 15.8. The van der Waals surface area contributed by atoms with Gasteiger partial charge in [-0.3, -0.25) is 4.79 Å². The van der Waals surface area contributed by atoms with Crippen molar-refractivity contribution < 1.29 is 24.0 Å². The Morgan fingerprint density at radius 3 is 2.54 bits per heavy atom. The minimum atomic E-state index is -1.07. The molecule has 1 amide bonds. The molecule has 0 radical (unpaired) electrons. The number of allylic oxidation sites excluding steroid dienone is 2. The standard InChI is InChI=1S/C27H23FN2O4S/c1-16-23(11-17-3-7-21(8-4-17)35(2)34)22-9-5-19(28)13-25(22)24(16)14-27(33)30-29-15-18-12-20(31)6-10-26(18)32/h3-13,15,31-32H,14H2,1-2H3,(H,30,33)/b23-11-,29-15-. The molecule has 0 aromatic heterocycles. The monoisotopic (exact) mass is 490 g/mol. The molecule has 178 valence electrons. The number of aromatic hydroxyl groups is 2. The fraction of sp³-hybridized carbons (Fsp3) is 0.111. The van der Waals surface area contributed by atoms with Crippen molar-refractivity contribution >= 4 is 40.5 Å². The lowest BCUT2D eigenvalue weighted by atomic mass is 10.0. The van der Waals surface area contributed by atoms with Gasteiger partial charge in [0.2, 0.25) is 5.91 Å². The van der Waals surface area contributed by atoms with Gasteiger partial charge in [-0.1, -0.05) is 6.07 Å². The predicted molar refractivity (Wildman–Crippen MR) is 136 cm³/mol. The van der Waals surface area contributed by atoms with Crippen molar-refractivity contribution in [1.29, 1.82) is 0 Å². The second-order valence-corrected chi connectivity index (χ2v) is 9.47. The maximum atomic E-state index is 14.1. The van der Waals surface area contributed by atoms with Gasteiger partial charge in [0.15, 0.2) is 4.90 Å². The Balaban J connectivity index is 1.59. The first-order valence-corrected chi connectivity index (χ1v) is 12.3. The molecule has 0 aliphatic heterocycles. The van der Waals surface area contributed by atoms with E-state index in [1.165, 1.54) is 36.5 Å². The van der Waals surface area contributed by atoms with Crippen molar-refractivity contribution in [2.75, 3.05) is 6.26 Å². The third-order valence-corrected chi connectivity index (χ3v) is 6.65. The first-order valence-electron chi connectivity index (χ1n) is 10.7. The number of rotatable bonds is 6. The number of halogens is 1. The average Bonchev–Trinajstić information content (AvgIpc) is 3.06. The molecule has 0 fully saturated rings. The molecule has 1 aliphatic rings. The van der Waals surface area contributed by atoms with Gasteiger partial charge in [0.25, 0.3) is 0 Å². The van der Waals surface area contributed by atoms with E-state index in [-0.39, 0.29) is 23.5 Å². The van der Waals surface area contributed by atoms with Gasteiger partial charge in [-0.2, -0.15) is 5.10 Å². The number of amides is 1. The highest BCUT2D eigenvalue weighted by atomic mass is 32.2. The number of nitrogens with one attached hydrogen (secondary N) is 1. The van der Waals surface area contributed by atoms with Crippen LogP contribution in [-0.4, -0.2) is 33.1 Å². The average molecular weight is 491 g/mol. The molecule has 3 aromatic rings. The molecule has 0 saturated carbocycles. The summed E-state index contributed by atoms with van der Waals surface area (Å²) >= 11 is -1.07. The van der Waals surface area contributed by atoms with Gasteiger partial charge >= 0.3 is 0 Å². The van der Waals surface area contributed by atoms with Crippen molar-refractivity contribution in [2.45, 2.75) is 18.2 Å². The van der Waals surface area contributed by atoms with Crippen LogP contribution in [0.25, 0.3) is 17.2 Å². The maximum absolute atomic E-state index is 14.1. The molecule has 0 bridgehead atoms. The topological polar surface area (TPSA) is 105 Å². The lowest BCUT2D eigenvalue weighted by Gasteiger charge is -2.06. The number of phenols is 2. The van der Waals surface area contributed by atoms with Gasteiger partial charge in [0.05, 0.1) is 12.6 Å². The molecule has 1 unspecified atom stereocenters. The number of phenolic OH excluding ortho intramolecular Hbond substituents is 2. The zero-order valence-electron chi connectivity index (χ0n) is 19.1. The van der Waals surface area contributed by atoms with Crippen LogP contribution >= 0.6 is 0 Å². The minimum Gasteiger partial charge on any atom is -0.612 e. The number of fused-ring (bicyclic) bond motifs is 1. The smallest absolute Gasteiger partial charge is 0.244 e. The third kappa shape index (κ3) is 5.45. The molecule has 3 N–H and O–H groups in total. The highest BCUT2D eigenvalue weighted by molar-refractivity contribution is 7.90. The molecule has 3 aromatic carbocycles. The van der Waals surface area contributed by atoms with E-state index in [0.29, 0.717) is 11.1 Å². The van der Waals surface area contributed by atoms with Crippen molar-refractivity contribution in [3.63, 3.8) is 0 Å². The van der Waals surface area contributed by atoms with E-state index in [0.717, 1.165) is 27.2 Å². The zero-order chi connectivity index (χ0) is 25.1. The molecule has 0 spiro atoms. The fourth-order valence-corrected chi connectivity index (χ4v) is 4.44. The molecule has 1 aliphatic carbocycles. The quantitative estimate of drug-likeness (QED) is 0.199. The van der Waals surface area contributed by atoms with Crippen molar-refractivity contribution in [3.8, 4) is 11.5 Å². The summed E-state index contributed by atoms with van der Waals surface area (Å²) in [7, 11) is 0. The Kier molecular flexibility index (Phi) is 7.04. The molecule has 35 heavy (non-hydrogen) atoms. The fourth-order valence-electron chi connectivity index (χ4n) is 3.92. The van der Waals surface area contributed by atoms with E-state index in [1.807, 2.05) is 25.1 Å². The Bertz CT molecular complexity index is 1380. The molecule has 0 saturated heterocycles. The molecule has 8 heteroatoms. The number of hydrazone groups is 1. The van der Waals surface area contributed by atoms with Crippen LogP contribution < -0.4 is 5.43 Å². The first kappa shape index (κ1) is 24.3. The van der Waals surface area contributed by atoms with E-state index < -0.39 is 22.9 Å². The molecular formula is C27H23FN2O4S. The second-order valence-electron chi connectivity index (χ2n) is 8.09. The van der Waals surface area contributed by atoms with Crippen LogP contribution in [-0.2, 0) is 16.0 Å². The van der Waals surface area contributed by atoms with Crippen LogP contribution in [0.4, 0.5) is 4.39 Å². The molecule has 1 atom stereocenters. The Labute approximate surface area is 205 Å². The van der Waals surface area contributed by atoms with Crippen molar-refractivity contribution in [1.82, 2.24) is 5.43 Å². The number of hydrogen-bond acceptors (Lipinski definition) is 5. The van der Waals surface area contributed by atoms with Gasteiger partial charge < -0.3 is 14.8 Å². The summed E-state index contributed by atoms with van der Waals surface area (Å²) in [5, 5.41) is 23.2. The van der Waals surface area contributed by atoms with Gasteiger partial charge in [0.1, 0.15) is 23.6 Å². The molecular weight excluding hydrogens is 467 g/mol. The highest BCUT2D eigenvalue weighted by Crippen LogP contribution is 2.43. The van der Waals surface area contributed by atoms with E-state index in [1.54, 1.807) is 24.5 Å². The lowest BCUT2D eigenvalue weighted by Crippen LogP contribution is -2.17. The summed E-state index contributed by atoms with van der Waals surface area (Å²) in [6.07, 6.45) is 4.78. The Morgan fingerprint density at radius 1 is 1.09 bits per heavy atom. The summed E-state index contributed by atoms with van der Waals surface area (Å²) in [5.41, 5.74) is 7.43. The molecule has 0 heterocycles. The lowest BCUT2D eigenvalue weighted by molar-refractivity contribution is -0.120. The number of nitrogens with zero attached hydrogens (tertiary/aromatic N) is 1. The van der Waals surface area contributed by atoms with Gasteiger partial charge in [-0.05, 0) is 112 Å². The van der Waals surface area contributed by atoms with Crippen LogP contribution in [0.15, 0.2) is 76.2 Å². The zero-order valence-corrected chi connectivity index (χ0v) is 19.9. The minimum absolute atomic E-state index is 0.0310.